The van der Waals surface area contributed by atoms with Gasteiger partial charge in [-0.05, 0) is 6.92 Å². The van der Waals surface area contributed by atoms with Crippen molar-refractivity contribution in [2.24, 2.45) is 0 Å². The van der Waals surface area contributed by atoms with E-state index in [1.165, 1.54) is 18.3 Å². The summed E-state index contributed by atoms with van der Waals surface area (Å²) in [6.45, 7) is 2.50. The molecule has 6 nitrogen and oxygen atoms in total. The van der Waals surface area contributed by atoms with Crippen LogP contribution in [0.4, 0.5) is 11.5 Å². The fraction of sp³-hybridized carbons (Fsp3) is 0.200. The van der Waals surface area contributed by atoms with Crippen molar-refractivity contribution in [1.29, 1.82) is 0 Å². The second-order valence-electron chi connectivity index (χ2n) is 3.36. The van der Waals surface area contributed by atoms with Crippen molar-refractivity contribution in [2.75, 3.05) is 5.32 Å². The summed E-state index contributed by atoms with van der Waals surface area (Å²) in [5.74, 6) is 0.491. The van der Waals surface area contributed by atoms with Gasteiger partial charge in [-0.15, -0.1) is 11.3 Å². The highest BCUT2D eigenvalue weighted by atomic mass is 32.1. The number of anilines is 1. The van der Waals surface area contributed by atoms with Gasteiger partial charge in [-0.25, -0.2) is 9.97 Å². The predicted molar refractivity (Wildman–Crippen MR) is 65.1 cm³/mol. The third kappa shape index (κ3) is 2.97. The first kappa shape index (κ1) is 11.5. The van der Waals surface area contributed by atoms with Crippen molar-refractivity contribution in [2.45, 2.75) is 13.5 Å². The zero-order valence-corrected chi connectivity index (χ0v) is 9.90. The lowest BCUT2D eigenvalue weighted by Crippen LogP contribution is -2.00. The lowest BCUT2D eigenvalue weighted by atomic mass is 10.4. The predicted octanol–water partition coefficient (Wildman–Crippen LogP) is 2.37. The standard InChI is InChI=1S/C10H10N4O2S/c1-7-12-5-9(17-7)6-13-10-4-8(14(15)16)2-3-11-10/h2-5H,6H2,1H3,(H,11,13). The number of pyridine rings is 1. The molecule has 2 aromatic rings. The summed E-state index contributed by atoms with van der Waals surface area (Å²) in [6, 6.07) is 2.77. The molecule has 2 heterocycles. The van der Waals surface area contributed by atoms with E-state index in [1.54, 1.807) is 17.5 Å². The van der Waals surface area contributed by atoms with Crippen LogP contribution in [-0.2, 0) is 6.54 Å². The normalized spacial score (nSPS) is 10.2. The van der Waals surface area contributed by atoms with E-state index in [1.807, 2.05) is 6.92 Å². The van der Waals surface area contributed by atoms with Gasteiger partial charge in [0, 0.05) is 23.3 Å². The van der Waals surface area contributed by atoms with Gasteiger partial charge in [-0.2, -0.15) is 0 Å². The summed E-state index contributed by atoms with van der Waals surface area (Å²) in [6.07, 6.45) is 3.20. The van der Waals surface area contributed by atoms with Crippen molar-refractivity contribution < 1.29 is 4.92 Å². The van der Waals surface area contributed by atoms with Crippen LogP contribution in [0, 0.1) is 17.0 Å². The van der Waals surface area contributed by atoms with Gasteiger partial charge >= 0.3 is 0 Å². The van der Waals surface area contributed by atoms with E-state index in [0.717, 1.165) is 9.88 Å². The van der Waals surface area contributed by atoms with Crippen LogP contribution in [0.25, 0.3) is 0 Å². The van der Waals surface area contributed by atoms with Gasteiger partial charge in [0.1, 0.15) is 5.82 Å². The quantitative estimate of drug-likeness (QED) is 0.665. The minimum Gasteiger partial charge on any atom is -0.365 e. The lowest BCUT2D eigenvalue weighted by molar-refractivity contribution is -0.384. The molecule has 0 aliphatic carbocycles. The first-order chi connectivity index (χ1) is 8.15. The molecule has 0 aromatic carbocycles. The molecule has 0 saturated carbocycles. The van der Waals surface area contributed by atoms with Crippen LogP contribution in [0.5, 0.6) is 0 Å². The smallest absolute Gasteiger partial charge is 0.274 e. The monoisotopic (exact) mass is 250 g/mol. The molecular formula is C10H10N4O2S. The molecule has 17 heavy (non-hydrogen) atoms. The average molecular weight is 250 g/mol. The molecule has 0 unspecified atom stereocenters. The number of hydrogen-bond donors (Lipinski definition) is 1. The topological polar surface area (TPSA) is 81.0 Å². The summed E-state index contributed by atoms with van der Waals surface area (Å²) in [5, 5.41) is 14.6. The Morgan fingerprint density at radius 1 is 1.53 bits per heavy atom. The number of nitro groups is 1. The van der Waals surface area contributed by atoms with Crippen LogP contribution in [-0.4, -0.2) is 14.9 Å². The molecule has 0 radical (unpaired) electrons. The van der Waals surface area contributed by atoms with Crippen LogP contribution in [0.1, 0.15) is 9.88 Å². The van der Waals surface area contributed by atoms with E-state index in [2.05, 4.69) is 15.3 Å². The van der Waals surface area contributed by atoms with Gasteiger partial charge in [-0.1, -0.05) is 0 Å². The molecular weight excluding hydrogens is 240 g/mol. The minimum atomic E-state index is -0.441. The van der Waals surface area contributed by atoms with Gasteiger partial charge in [0.15, 0.2) is 0 Å². The van der Waals surface area contributed by atoms with E-state index in [0.29, 0.717) is 12.4 Å². The number of rotatable bonds is 4. The lowest BCUT2D eigenvalue weighted by Gasteiger charge is -2.02. The van der Waals surface area contributed by atoms with E-state index < -0.39 is 4.92 Å². The van der Waals surface area contributed by atoms with E-state index in [4.69, 9.17) is 0 Å². The summed E-state index contributed by atoms with van der Waals surface area (Å²) < 4.78 is 0. The van der Waals surface area contributed by atoms with Crippen molar-refractivity contribution in [3.8, 4) is 0 Å². The molecule has 0 saturated heterocycles. The molecule has 88 valence electrons. The molecule has 0 bridgehead atoms. The number of aryl methyl sites for hydroxylation is 1. The molecule has 0 amide bonds. The Balaban J connectivity index is 2.04. The van der Waals surface area contributed by atoms with Gasteiger partial charge in [0.25, 0.3) is 5.69 Å². The first-order valence-electron chi connectivity index (χ1n) is 4.91. The summed E-state index contributed by atoms with van der Waals surface area (Å²) >= 11 is 1.58. The highest BCUT2D eigenvalue weighted by molar-refractivity contribution is 7.11. The third-order valence-corrected chi connectivity index (χ3v) is 2.98. The molecule has 2 rings (SSSR count). The minimum absolute atomic E-state index is 0.0305. The van der Waals surface area contributed by atoms with Gasteiger partial charge in [-0.3, -0.25) is 10.1 Å². The molecule has 0 fully saturated rings. The highest BCUT2D eigenvalue weighted by Crippen LogP contribution is 2.16. The maximum Gasteiger partial charge on any atom is 0.274 e. The number of thiazole rings is 1. The van der Waals surface area contributed by atoms with Crippen molar-refractivity contribution >= 4 is 22.8 Å². The largest absolute Gasteiger partial charge is 0.365 e. The SMILES string of the molecule is Cc1ncc(CNc2cc([N+](=O)[O-])ccn2)s1. The molecule has 0 aliphatic heterocycles. The Morgan fingerprint density at radius 3 is 3.00 bits per heavy atom. The maximum absolute atomic E-state index is 10.6. The average Bonchev–Trinajstić information content (AvgIpc) is 2.73. The Hall–Kier alpha value is -2.02. The number of nitrogens with one attached hydrogen (secondary N) is 1. The van der Waals surface area contributed by atoms with E-state index in [9.17, 15) is 10.1 Å². The number of aromatic nitrogens is 2. The third-order valence-electron chi connectivity index (χ3n) is 2.07. The molecule has 2 aromatic heterocycles. The molecule has 0 atom stereocenters. The van der Waals surface area contributed by atoms with E-state index >= 15 is 0 Å². The maximum atomic E-state index is 10.6. The van der Waals surface area contributed by atoms with Crippen molar-refractivity contribution in [3.63, 3.8) is 0 Å². The van der Waals surface area contributed by atoms with Gasteiger partial charge < -0.3 is 5.32 Å². The van der Waals surface area contributed by atoms with Gasteiger partial charge in [0.05, 0.1) is 22.5 Å². The zero-order chi connectivity index (χ0) is 12.3. The van der Waals surface area contributed by atoms with Crippen LogP contribution < -0.4 is 5.32 Å². The Morgan fingerprint density at radius 2 is 2.35 bits per heavy atom. The summed E-state index contributed by atoms with van der Waals surface area (Å²) in [4.78, 5) is 19.3. The van der Waals surface area contributed by atoms with E-state index in [-0.39, 0.29) is 5.69 Å². The molecule has 1 N–H and O–H groups in total. The summed E-state index contributed by atoms with van der Waals surface area (Å²) in [7, 11) is 0. The molecule has 0 aliphatic rings. The van der Waals surface area contributed by atoms with Crippen LogP contribution >= 0.6 is 11.3 Å². The molecule has 7 heteroatoms. The Kier molecular flexibility index (Phi) is 3.29. The summed E-state index contributed by atoms with van der Waals surface area (Å²) in [5.41, 5.74) is 0.0305. The van der Waals surface area contributed by atoms with Crippen LogP contribution in [0.3, 0.4) is 0 Å². The van der Waals surface area contributed by atoms with Crippen LogP contribution in [0.2, 0.25) is 0 Å². The molecule has 0 spiro atoms. The first-order valence-corrected chi connectivity index (χ1v) is 5.72. The highest BCUT2D eigenvalue weighted by Gasteiger charge is 2.06. The fourth-order valence-electron chi connectivity index (χ4n) is 1.29. The number of hydrogen-bond acceptors (Lipinski definition) is 6. The Bertz CT molecular complexity index is 541. The Labute approximate surface area is 102 Å². The second-order valence-corrected chi connectivity index (χ2v) is 4.67. The van der Waals surface area contributed by atoms with Gasteiger partial charge in [0.2, 0.25) is 0 Å². The zero-order valence-electron chi connectivity index (χ0n) is 9.08. The van der Waals surface area contributed by atoms with Crippen LogP contribution in [0.15, 0.2) is 24.5 Å². The fourth-order valence-corrected chi connectivity index (χ4v) is 2.03. The number of nitrogens with zero attached hydrogens (tertiary/aromatic N) is 3. The second kappa shape index (κ2) is 4.88. The van der Waals surface area contributed by atoms with Crippen molar-refractivity contribution in [3.05, 3.63) is 44.5 Å². The van der Waals surface area contributed by atoms with Crippen molar-refractivity contribution in [1.82, 2.24) is 9.97 Å².